The van der Waals surface area contributed by atoms with Crippen LogP contribution in [0.15, 0.2) is 48.5 Å². The Balaban J connectivity index is 1.26. The molecule has 2 aromatic carbocycles. The van der Waals surface area contributed by atoms with Gasteiger partial charge in [0.15, 0.2) is 0 Å². The van der Waals surface area contributed by atoms with Crippen LogP contribution in [-0.4, -0.2) is 18.4 Å². The maximum atomic E-state index is 12.3. The van der Waals surface area contributed by atoms with Gasteiger partial charge in [-0.1, -0.05) is 30.3 Å². The Morgan fingerprint density at radius 1 is 1.04 bits per heavy atom. The molecule has 140 valence electrons. The van der Waals surface area contributed by atoms with Crippen molar-refractivity contribution >= 4 is 23.2 Å². The number of amides is 2. The molecule has 0 aromatic heterocycles. The fourth-order valence-corrected chi connectivity index (χ4v) is 3.74. The number of nitrogens with zero attached hydrogens (tertiary/aromatic N) is 1. The molecule has 0 unspecified atom stereocenters. The van der Waals surface area contributed by atoms with Crippen molar-refractivity contribution in [2.45, 2.75) is 44.9 Å². The summed E-state index contributed by atoms with van der Waals surface area (Å²) < 4.78 is 0. The average molecular weight is 362 g/mol. The summed E-state index contributed by atoms with van der Waals surface area (Å²) in [6, 6.07) is 16.3. The van der Waals surface area contributed by atoms with E-state index >= 15 is 0 Å². The second-order valence-electron chi connectivity index (χ2n) is 7.60. The zero-order valence-corrected chi connectivity index (χ0v) is 15.6. The Morgan fingerprint density at radius 2 is 1.85 bits per heavy atom. The number of rotatable bonds is 7. The van der Waals surface area contributed by atoms with Crippen LogP contribution >= 0.6 is 0 Å². The molecule has 27 heavy (non-hydrogen) atoms. The number of aryl methyl sites for hydroxylation is 1. The molecule has 1 aliphatic heterocycles. The van der Waals surface area contributed by atoms with Crippen LogP contribution < -0.4 is 10.2 Å². The van der Waals surface area contributed by atoms with Gasteiger partial charge in [0.2, 0.25) is 11.8 Å². The van der Waals surface area contributed by atoms with E-state index in [1.54, 1.807) is 0 Å². The number of hydrogen-bond donors (Lipinski definition) is 1. The minimum absolute atomic E-state index is 0.0620. The fraction of sp³-hybridized carbons (Fsp3) is 0.391. The zero-order chi connectivity index (χ0) is 18.6. The summed E-state index contributed by atoms with van der Waals surface area (Å²) in [7, 11) is 0. The highest BCUT2D eigenvalue weighted by molar-refractivity contribution is 5.99. The molecule has 0 spiro atoms. The average Bonchev–Trinajstić information content (AvgIpc) is 3.45. The van der Waals surface area contributed by atoms with Crippen molar-refractivity contribution < 1.29 is 9.59 Å². The van der Waals surface area contributed by atoms with E-state index in [9.17, 15) is 9.59 Å². The summed E-state index contributed by atoms with van der Waals surface area (Å²) in [4.78, 5) is 26.5. The number of anilines is 2. The summed E-state index contributed by atoms with van der Waals surface area (Å²) in [5.41, 5.74) is 4.34. The molecule has 1 fully saturated rings. The van der Waals surface area contributed by atoms with Crippen LogP contribution in [0.1, 0.15) is 43.2 Å². The second kappa shape index (κ2) is 7.95. The minimum Gasteiger partial charge on any atom is -0.326 e. The molecule has 4 nitrogen and oxygen atoms in total. The molecule has 1 heterocycles. The van der Waals surface area contributed by atoms with Gasteiger partial charge in [-0.05, 0) is 67.9 Å². The monoisotopic (exact) mass is 362 g/mol. The van der Waals surface area contributed by atoms with E-state index in [2.05, 4.69) is 29.6 Å². The molecular weight excluding hydrogens is 336 g/mol. The molecule has 0 bridgehead atoms. The minimum atomic E-state index is 0.0620. The largest absolute Gasteiger partial charge is 0.326 e. The Bertz CT molecular complexity index is 828. The molecule has 0 saturated heterocycles. The van der Waals surface area contributed by atoms with Gasteiger partial charge in [0.05, 0.1) is 0 Å². The summed E-state index contributed by atoms with van der Waals surface area (Å²) in [6.07, 6.45) is 6.38. The molecule has 4 rings (SSSR count). The van der Waals surface area contributed by atoms with Gasteiger partial charge >= 0.3 is 0 Å². The van der Waals surface area contributed by atoms with E-state index in [-0.39, 0.29) is 17.7 Å². The van der Waals surface area contributed by atoms with E-state index in [1.807, 2.05) is 29.2 Å². The van der Waals surface area contributed by atoms with E-state index < -0.39 is 0 Å². The van der Waals surface area contributed by atoms with Crippen molar-refractivity contribution in [1.82, 2.24) is 0 Å². The van der Waals surface area contributed by atoms with Gasteiger partial charge in [-0.15, -0.1) is 0 Å². The summed E-state index contributed by atoms with van der Waals surface area (Å²) in [6.45, 7) is 0.765. The first kappa shape index (κ1) is 17.8. The number of carbonyl (C=O) groups is 2. The van der Waals surface area contributed by atoms with Gasteiger partial charge in [0, 0.05) is 30.3 Å². The van der Waals surface area contributed by atoms with Crippen molar-refractivity contribution in [2.24, 2.45) is 5.92 Å². The van der Waals surface area contributed by atoms with Gasteiger partial charge in [0.1, 0.15) is 0 Å². The Kier molecular flexibility index (Phi) is 5.23. The molecule has 2 aliphatic rings. The maximum absolute atomic E-state index is 12.3. The second-order valence-corrected chi connectivity index (χ2v) is 7.60. The normalized spacial score (nSPS) is 15.5. The first-order chi connectivity index (χ1) is 13.2. The van der Waals surface area contributed by atoms with Crippen LogP contribution in [0.3, 0.4) is 0 Å². The maximum Gasteiger partial charge on any atom is 0.230 e. The highest BCUT2D eigenvalue weighted by atomic mass is 16.2. The topological polar surface area (TPSA) is 49.4 Å². The molecule has 4 heteroatoms. The van der Waals surface area contributed by atoms with Gasteiger partial charge < -0.3 is 10.2 Å². The van der Waals surface area contributed by atoms with Crippen molar-refractivity contribution in [3.63, 3.8) is 0 Å². The van der Waals surface area contributed by atoms with E-state index in [1.165, 1.54) is 5.56 Å². The summed E-state index contributed by atoms with van der Waals surface area (Å²) in [5.74, 6) is 0.571. The predicted octanol–water partition coefficient (Wildman–Crippen LogP) is 4.34. The molecule has 2 aromatic rings. The highest BCUT2D eigenvalue weighted by Crippen LogP contribution is 2.37. The van der Waals surface area contributed by atoms with Crippen LogP contribution in [0.25, 0.3) is 0 Å². The molecular formula is C23H26N2O2. The quantitative estimate of drug-likeness (QED) is 0.745. The number of hydrogen-bond acceptors (Lipinski definition) is 2. The molecule has 1 aliphatic carbocycles. The number of nitrogens with one attached hydrogen (secondary N) is 1. The lowest BCUT2D eigenvalue weighted by Gasteiger charge is -2.17. The van der Waals surface area contributed by atoms with E-state index in [0.717, 1.165) is 62.0 Å². The number of carbonyl (C=O) groups excluding carboxylic acids is 2. The van der Waals surface area contributed by atoms with Crippen molar-refractivity contribution in [1.29, 1.82) is 0 Å². The van der Waals surface area contributed by atoms with Gasteiger partial charge in [-0.25, -0.2) is 0 Å². The Hall–Kier alpha value is -2.62. The fourth-order valence-electron chi connectivity index (χ4n) is 3.74. The van der Waals surface area contributed by atoms with E-state index in [4.69, 9.17) is 0 Å². The predicted molar refractivity (Wildman–Crippen MR) is 108 cm³/mol. The Labute approximate surface area is 160 Å². The summed E-state index contributed by atoms with van der Waals surface area (Å²) >= 11 is 0. The first-order valence-electron chi connectivity index (χ1n) is 9.99. The van der Waals surface area contributed by atoms with Crippen molar-refractivity contribution in [3.8, 4) is 0 Å². The molecule has 1 N–H and O–H groups in total. The van der Waals surface area contributed by atoms with Crippen LogP contribution in [0.5, 0.6) is 0 Å². The van der Waals surface area contributed by atoms with Crippen molar-refractivity contribution in [2.75, 3.05) is 16.8 Å². The van der Waals surface area contributed by atoms with Crippen LogP contribution in [-0.2, 0) is 22.4 Å². The van der Waals surface area contributed by atoms with Crippen molar-refractivity contribution in [3.05, 3.63) is 59.7 Å². The summed E-state index contributed by atoms with van der Waals surface area (Å²) in [5, 5.41) is 3.01. The van der Waals surface area contributed by atoms with Crippen LogP contribution in [0, 0.1) is 5.92 Å². The van der Waals surface area contributed by atoms with Crippen LogP contribution in [0.2, 0.25) is 0 Å². The third-order valence-corrected chi connectivity index (χ3v) is 5.41. The molecule has 2 amide bonds. The lowest BCUT2D eigenvalue weighted by molar-refractivity contribution is -0.119. The third-order valence-electron chi connectivity index (χ3n) is 5.41. The zero-order valence-electron chi connectivity index (χ0n) is 15.6. The molecule has 0 radical (unpaired) electrons. The van der Waals surface area contributed by atoms with Crippen LogP contribution in [0.4, 0.5) is 11.4 Å². The van der Waals surface area contributed by atoms with Gasteiger partial charge in [-0.2, -0.15) is 0 Å². The van der Waals surface area contributed by atoms with Gasteiger partial charge in [0.25, 0.3) is 0 Å². The Morgan fingerprint density at radius 3 is 2.63 bits per heavy atom. The first-order valence-corrected chi connectivity index (χ1v) is 9.99. The highest BCUT2D eigenvalue weighted by Gasteiger charge is 2.36. The molecule has 0 atom stereocenters. The number of benzene rings is 2. The van der Waals surface area contributed by atoms with E-state index in [0.29, 0.717) is 6.42 Å². The van der Waals surface area contributed by atoms with Gasteiger partial charge in [-0.3, -0.25) is 9.59 Å². The lowest BCUT2D eigenvalue weighted by Crippen LogP contribution is -2.30. The SMILES string of the molecule is O=C(CCCCc1ccccc1)Nc1ccc2c(c1)CCN2C(=O)C1CC1. The lowest BCUT2D eigenvalue weighted by atomic mass is 10.1. The third kappa shape index (κ3) is 4.38. The number of fused-ring (bicyclic) bond motifs is 1. The molecule has 1 saturated carbocycles. The number of unbranched alkanes of at least 4 members (excludes halogenated alkanes) is 1. The smallest absolute Gasteiger partial charge is 0.230 e. The standard InChI is InChI=1S/C23H26N2O2/c26-22(9-5-4-8-17-6-2-1-3-7-17)24-20-12-13-21-19(16-20)14-15-25(21)23(27)18-10-11-18/h1-3,6-7,12-13,16,18H,4-5,8-11,14-15H2,(H,24,26).